The topological polar surface area (TPSA) is 82.1 Å². The molecule has 0 aliphatic rings. The number of methoxy groups -OCH3 is 3. The molecule has 0 rings (SSSR count). The van der Waals surface area contributed by atoms with E-state index < -0.39 is 5.97 Å². The van der Waals surface area contributed by atoms with Crippen LogP contribution in [0.1, 0.15) is 40.5 Å². The Labute approximate surface area is 174 Å². The van der Waals surface area contributed by atoms with Gasteiger partial charge in [-0.15, -0.1) is 0 Å². The molecule has 162 valence electrons. The van der Waals surface area contributed by atoms with E-state index >= 15 is 0 Å². The van der Waals surface area contributed by atoms with Gasteiger partial charge < -0.3 is 19.3 Å². The van der Waals surface area contributed by atoms with Crippen LogP contribution >= 0.6 is 0 Å². The van der Waals surface area contributed by atoms with E-state index in [1.54, 1.807) is 40.2 Å². The van der Waals surface area contributed by atoms with E-state index in [9.17, 15) is 9.59 Å². The highest BCUT2D eigenvalue weighted by molar-refractivity contribution is 5.87. The molecule has 0 fully saturated rings. The number of aliphatic carboxylic acids is 1. The summed E-state index contributed by atoms with van der Waals surface area (Å²) in [4.78, 5) is 22.3. The maximum atomic E-state index is 11.4. The number of carboxylic acid groups (broad SMARTS) is 1. The fraction of sp³-hybridized carbons (Fsp3) is 0.478. The molecule has 0 bridgehead atoms. The van der Waals surface area contributed by atoms with Crippen molar-refractivity contribution in [3.05, 3.63) is 58.7 Å². The van der Waals surface area contributed by atoms with E-state index in [1.165, 1.54) is 7.11 Å². The minimum Gasteiger partial charge on any atom is -0.478 e. The second-order valence-electron chi connectivity index (χ2n) is 6.70. The van der Waals surface area contributed by atoms with Crippen molar-refractivity contribution in [3.63, 3.8) is 0 Å². The van der Waals surface area contributed by atoms with Gasteiger partial charge in [-0.3, -0.25) is 0 Å². The zero-order chi connectivity index (χ0) is 22.4. The number of hydrogen-bond acceptors (Lipinski definition) is 5. The van der Waals surface area contributed by atoms with Crippen molar-refractivity contribution in [2.45, 2.75) is 52.7 Å². The van der Waals surface area contributed by atoms with E-state index in [2.05, 4.69) is 4.74 Å². The molecule has 0 aliphatic carbocycles. The third kappa shape index (κ3) is 10.6. The molecule has 0 heterocycles. The molecular formula is C23H34O6. The third-order valence-electron chi connectivity index (χ3n) is 4.54. The molecule has 0 aromatic rings. The molecule has 0 spiro atoms. The van der Waals surface area contributed by atoms with Gasteiger partial charge in [-0.1, -0.05) is 36.5 Å². The van der Waals surface area contributed by atoms with Crippen molar-refractivity contribution in [2.75, 3.05) is 21.3 Å². The van der Waals surface area contributed by atoms with Gasteiger partial charge in [-0.25, -0.2) is 9.59 Å². The Bertz CT molecular complexity index is 694. The molecule has 0 aliphatic heterocycles. The largest absolute Gasteiger partial charge is 0.478 e. The van der Waals surface area contributed by atoms with Crippen LogP contribution in [0.4, 0.5) is 0 Å². The normalized spacial score (nSPS) is 16.1. The second kappa shape index (κ2) is 14.5. The van der Waals surface area contributed by atoms with Crippen molar-refractivity contribution in [1.29, 1.82) is 0 Å². The maximum Gasteiger partial charge on any atom is 0.333 e. The summed E-state index contributed by atoms with van der Waals surface area (Å²) in [5.41, 5.74) is 2.86. The molecule has 6 heteroatoms. The minimum absolute atomic E-state index is 0.139. The highest BCUT2D eigenvalue weighted by Crippen LogP contribution is 2.14. The van der Waals surface area contributed by atoms with Gasteiger partial charge in [0.15, 0.2) is 0 Å². The van der Waals surface area contributed by atoms with Gasteiger partial charge in [-0.05, 0) is 51.7 Å². The highest BCUT2D eigenvalue weighted by atomic mass is 16.5. The van der Waals surface area contributed by atoms with Gasteiger partial charge in [0.1, 0.15) is 0 Å². The number of carboxylic acids is 1. The predicted octanol–water partition coefficient (Wildman–Crippen LogP) is 4.40. The molecule has 0 amide bonds. The first-order valence-electron chi connectivity index (χ1n) is 9.40. The van der Waals surface area contributed by atoms with Crippen LogP contribution in [0.2, 0.25) is 0 Å². The predicted molar refractivity (Wildman–Crippen MR) is 115 cm³/mol. The molecule has 0 saturated heterocycles. The van der Waals surface area contributed by atoms with Crippen molar-refractivity contribution in [2.24, 2.45) is 0 Å². The fourth-order valence-electron chi connectivity index (χ4n) is 2.46. The Morgan fingerprint density at radius 1 is 0.793 bits per heavy atom. The number of carbonyl (C=O) groups excluding carboxylic acids is 1. The summed E-state index contributed by atoms with van der Waals surface area (Å²) in [5, 5.41) is 8.93. The molecular weight excluding hydrogens is 372 g/mol. The number of allylic oxidation sites excluding steroid dienone is 4. The van der Waals surface area contributed by atoms with Crippen LogP contribution in [0.15, 0.2) is 58.7 Å². The van der Waals surface area contributed by atoms with Crippen LogP contribution < -0.4 is 0 Å². The number of hydrogen-bond donors (Lipinski definition) is 1. The summed E-state index contributed by atoms with van der Waals surface area (Å²) in [5.74, 6) is -1.27. The lowest BCUT2D eigenvalue weighted by atomic mass is 10.0. The average Bonchev–Trinajstić information content (AvgIpc) is 2.70. The van der Waals surface area contributed by atoms with Gasteiger partial charge in [0.2, 0.25) is 0 Å². The van der Waals surface area contributed by atoms with Gasteiger partial charge in [0, 0.05) is 25.4 Å². The molecule has 0 aromatic heterocycles. The summed E-state index contributed by atoms with van der Waals surface area (Å²) in [6, 6.07) is 0. The van der Waals surface area contributed by atoms with Crippen LogP contribution in [-0.2, 0) is 23.8 Å². The van der Waals surface area contributed by atoms with Gasteiger partial charge >= 0.3 is 11.9 Å². The van der Waals surface area contributed by atoms with E-state index in [0.717, 1.165) is 11.1 Å². The Morgan fingerprint density at radius 3 is 1.55 bits per heavy atom. The van der Waals surface area contributed by atoms with Crippen molar-refractivity contribution in [1.82, 2.24) is 0 Å². The van der Waals surface area contributed by atoms with Crippen molar-refractivity contribution in [3.8, 4) is 0 Å². The van der Waals surface area contributed by atoms with Crippen LogP contribution in [0.5, 0.6) is 0 Å². The summed E-state index contributed by atoms with van der Waals surface area (Å²) < 4.78 is 15.6. The monoisotopic (exact) mass is 406 g/mol. The van der Waals surface area contributed by atoms with Gasteiger partial charge in [-0.2, -0.15) is 0 Å². The highest BCUT2D eigenvalue weighted by Gasteiger charge is 2.10. The zero-order valence-corrected chi connectivity index (χ0v) is 18.5. The van der Waals surface area contributed by atoms with Crippen LogP contribution in [0, 0.1) is 0 Å². The molecule has 2 unspecified atom stereocenters. The van der Waals surface area contributed by atoms with Crippen LogP contribution in [0.3, 0.4) is 0 Å². The molecule has 6 nitrogen and oxygen atoms in total. The number of carbonyl (C=O) groups is 2. The van der Waals surface area contributed by atoms with Gasteiger partial charge in [0.25, 0.3) is 0 Å². The van der Waals surface area contributed by atoms with E-state index in [1.807, 2.05) is 38.2 Å². The lowest BCUT2D eigenvalue weighted by Gasteiger charge is -2.14. The maximum absolute atomic E-state index is 11.4. The Balaban J connectivity index is 5.00. The van der Waals surface area contributed by atoms with E-state index in [4.69, 9.17) is 14.6 Å². The summed E-state index contributed by atoms with van der Waals surface area (Å²) >= 11 is 0. The molecule has 1 N–H and O–H groups in total. The van der Waals surface area contributed by atoms with Gasteiger partial charge in [0.05, 0.1) is 19.3 Å². The smallest absolute Gasteiger partial charge is 0.333 e. The van der Waals surface area contributed by atoms with E-state index in [-0.39, 0.29) is 18.2 Å². The molecule has 0 saturated carbocycles. The number of ether oxygens (including phenoxy) is 3. The molecule has 0 aromatic carbocycles. The van der Waals surface area contributed by atoms with Crippen molar-refractivity contribution >= 4 is 11.9 Å². The number of rotatable bonds is 12. The van der Waals surface area contributed by atoms with Crippen LogP contribution in [-0.4, -0.2) is 50.6 Å². The zero-order valence-electron chi connectivity index (χ0n) is 18.5. The summed E-state index contributed by atoms with van der Waals surface area (Å²) in [6.45, 7) is 7.19. The number of esters is 1. The fourth-order valence-corrected chi connectivity index (χ4v) is 2.46. The van der Waals surface area contributed by atoms with Crippen molar-refractivity contribution < 1.29 is 28.9 Å². The molecule has 0 radical (unpaired) electrons. The molecule has 29 heavy (non-hydrogen) atoms. The second-order valence-corrected chi connectivity index (χ2v) is 6.70. The van der Waals surface area contributed by atoms with E-state index in [0.29, 0.717) is 24.0 Å². The minimum atomic E-state index is -0.925. The summed E-state index contributed by atoms with van der Waals surface area (Å²) in [7, 11) is 4.59. The Morgan fingerprint density at radius 2 is 1.21 bits per heavy atom. The SMILES string of the molecule is COC(=O)/C(C)=C/CC(OC)/C(C)=C/C=C/C=C(\C)C(C/C=C(\C)C(=O)O)OC. The standard InChI is InChI=1S/C23H34O6/c1-16(20(27-5)14-12-18(3)22(24)25)10-8-9-11-17(2)21(28-6)15-13-19(4)23(26)29-7/h8-13,20-21H,14-15H2,1-7H3,(H,24,25)/b9-8+,16-10+,17-11+,18-12+,19-13+. The summed E-state index contributed by atoms with van der Waals surface area (Å²) in [6.07, 6.45) is 11.9. The Hall–Kier alpha value is -2.44. The first-order chi connectivity index (χ1) is 13.7. The third-order valence-corrected chi connectivity index (χ3v) is 4.54. The first-order valence-corrected chi connectivity index (χ1v) is 9.40. The lowest BCUT2D eigenvalue weighted by Crippen LogP contribution is -2.12. The lowest BCUT2D eigenvalue weighted by molar-refractivity contribution is -0.136. The Kier molecular flexibility index (Phi) is 13.3. The van der Waals surface area contributed by atoms with Crippen LogP contribution in [0.25, 0.3) is 0 Å². The quantitative estimate of drug-likeness (QED) is 0.294. The molecule has 2 atom stereocenters. The first kappa shape index (κ1) is 26.6. The average molecular weight is 407 g/mol.